The van der Waals surface area contributed by atoms with Gasteiger partial charge in [-0.05, 0) is 41.8 Å². The molecule has 0 spiro atoms. The number of aliphatic hydroxyl groups is 1. The fraction of sp³-hybridized carbons (Fsp3) is 0.400. The summed E-state index contributed by atoms with van der Waals surface area (Å²) >= 11 is 0. The van der Waals surface area contributed by atoms with E-state index >= 15 is 0 Å². The summed E-state index contributed by atoms with van der Waals surface area (Å²) in [5.41, 5.74) is 0.474. The van der Waals surface area contributed by atoms with Crippen molar-refractivity contribution in [3.05, 3.63) is 59.7 Å². The van der Waals surface area contributed by atoms with E-state index in [1.54, 1.807) is 0 Å². The Bertz CT molecular complexity index is 836. The number of rotatable bonds is 9. The quantitative estimate of drug-likeness (QED) is 0.451. The average Bonchev–Trinajstić information content (AvgIpc) is 2.63. The van der Waals surface area contributed by atoms with Crippen LogP contribution in [0.25, 0.3) is 0 Å². The molecule has 0 radical (unpaired) electrons. The fourth-order valence-electron chi connectivity index (χ4n) is 2.88. The highest BCUT2D eigenvalue weighted by Gasteiger charge is 2.38. The van der Waals surface area contributed by atoms with Gasteiger partial charge in [-0.3, -0.25) is 4.90 Å². The first-order chi connectivity index (χ1) is 15.1. The van der Waals surface area contributed by atoms with E-state index in [9.17, 15) is 44.6 Å². The van der Waals surface area contributed by atoms with Gasteiger partial charge in [-0.25, -0.2) is 0 Å². The molecule has 2 rings (SSSR count). The lowest BCUT2D eigenvalue weighted by molar-refractivity contribution is -0.275. The third-order valence-corrected chi connectivity index (χ3v) is 4.17. The normalized spacial score (nSPS) is 13.8. The minimum atomic E-state index is -4.95. The summed E-state index contributed by atoms with van der Waals surface area (Å²) in [6, 6.07) is 9.43. The Labute approximate surface area is 182 Å². The van der Waals surface area contributed by atoms with Gasteiger partial charge in [0.05, 0.1) is 0 Å². The third-order valence-electron chi connectivity index (χ3n) is 4.17. The van der Waals surface area contributed by atoms with Gasteiger partial charge in [0.15, 0.2) is 6.10 Å². The van der Waals surface area contributed by atoms with E-state index < -0.39 is 42.9 Å². The molecule has 13 heteroatoms. The molecule has 0 aliphatic rings. The number of ether oxygens (including phenoxy) is 2. The van der Waals surface area contributed by atoms with Crippen molar-refractivity contribution in [3.8, 4) is 11.5 Å². The summed E-state index contributed by atoms with van der Waals surface area (Å²) in [6.07, 6.45) is -18.2. The molecule has 33 heavy (non-hydrogen) atoms. The largest absolute Gasteiger partial charge is 0.573 e. The molecule has 184 valence electrons. The zero-order valence-corrected chi connectivity index (χ0v) is 16.6. The molecule has 0 fully saturated rings. The van der Waals surface area contributed by atoms with E-state index in [-0.39, 0.29) is 30.8 Å². The predicted molar refractivity (Wildman–Crippen MR) is 97.0 cm³/mol. The van der Waals surface area contributed by atoms with Crippen LogP contribution in [0.1, 0.15) is 17.5 Å². The molecular weight excluding hydrogens is 473 g/mol. The molecule has 4 nitrogen and oxygen atoms in total. The summed E-state index contributed by atoms with van der Waals surface area (Å²) < 4.78 is 120. The number of nitrogens with zero attached hydrogens (tertiary/aromatic N) is 1. The van der Waals surface area contributed by atoms with Crippen LogP contribution in [0.4, 0.5) is 39.5 Å². The Morgan fingerprint density at radius 3 is 1.52 bits per heavy atom. The SMILES string of the molecule is OC(CCN(Cc1cccc(OC(F)(F)F)c1)Cc1cccc(OC(F)(F)F)c1)C(F)(F)F. The van der Waals surface area contributed by atoms with Gasteiger partial charge in [0.1, 0.15) is 11.5 Å². The second-order valence-electron chi connectivity index (χ2n) is 6.95. The highest BCUT2D eigenvalue weighted by Crippen LogP contribution is 2.27. The second-order valence-corrected chi connectivity index (χ2v) is 6.95. The minimum absolute atomic E-state index is 0.177. The van der Waals surface area contributed by atoms with Crippen molar-refractivity contribution < 1.29 is 54.1 Å². The molecule has 1 unspecified atom stereocenters. The van der Waals surface area contributed by atoms with Gasteiger partial charge in [-0.2, -0.15) is 13.2 Å². The van der Waals surface area contributed by atoms with Gasteiger partial charge in [0, 0.05) is 19.6 Å². The molecule has 0 amide bonds. The zero-order valence-electron chi connectivity index (χ0n) is 16.6. The summed E-state index contributed by atoms with van der Waals surface area (Å²) in [4.78, 5) is 1.33. The molecule has 2 aromatic rings. The summed E-state index contributed by atoms with van der Waals surface area (Å²) in [7, 11) is 0. The first-order valence-corrected chi connectivity index (χ1v) is 9.27. The molecule has 1 N–H and O–H groups in total. The maximum atomic E-state index is 12.7. The Balaban J connectivity index is 2.20. The van der Waals surface area contributed by atoms with E-state index in [1.807, 2.05) is 0 Å². The molecule has 2 aromatic carbocycles. The first-order valence-electron chi connectivity index (χ1n) is 9.27. The molecule has 0 aliphatic heterocycles. The summed E-state index contributed by atoms with van der Waals surface area (Å²) in [5, 5.41) is 9.27. The molecule has 1 atom stereocenters. The number of halogens is 9. The number of hydrogen-bond acceptors (Lipinski definition) is 4. The lowest BCUT2D eigenvalue weighted by atomic mass is 10.1. The van der Waals surface area contributed by atoms with Crippen LogP contribution in [0.2, 0.25) is 0 Å². The van der Waals surface area contributed by atoms with Crippen molar-refractivity contribution >= 4 is 0 Å². The van der Waals surface area contributed by atoms with Crippen LogP contribution in [0.15, 0.2) is 48.5 Å². The van der Waals surface area contributed by atoms with Crippen LogP contribution < -0.4 is 9.47 Å². The van der Waals surface area contributed by atoms with Crippen molar-refractivity contribution in [3.63, 3.8) is 0 Å². The van der Waals surface area contributed by atoms with Gasteiger partial charge in [-0.15, -0.1) is 26.3 Å². The smallest absolute Gasteiger partial charge is 0.406 e. The lowest BCUT2D eigenvalue weighted by Crippen LogP contribution is -2.34. The standard InChI is InChI=1S/C20H18F9NO3/c21-18(22,23)17(31)7-8-30(11-13-3-1-5-15(9-13)32-19(24,25)26)12-14-4-2-6-16(10-14)33-20(27,28)29/h1-6,9-10,17,31H,7-8,11-12H2. The zero-order chi connectivity index (χ0) is 24.9. The monoisotopic (exact) mass is 491 g/mol. The number of aliphatic hydroxyl groups excluding tert-OH is 1. The van der Waals surface area contributed by atoms with Crippen LogP contribution in [0.5, 0.6) is 11.5 Å². The molecule has 0 saturated heterocycles. The van der Waals surface area contributed by atoms with E-state index in [2.05, 4.69) is 9.47 Å². The van der Waals surface area contributed by atoms with Crippen LogP contribution >= 0.6 is 0 Å². The third kappa shape index (κ3) is 10.2. The maximum Gasteiger partial charge on any atom is 0.573 e. The Morgan fingerprint density at radius 2 is 1.15 bits per heavy atom. The van der Waals surface area contributed by atoms with Crippen LogP contribution in [-0.4, -0.2) is 41.6 Å². The Morgan fingerprint density at radius 1 is 0.727 bits per heavy atom. The lowest BCUT2D eigenvalue weighted by Gasteiger charge is -2.25. The summed E-state index contributed by atoms with van der Waals surface area (Å²) in [5.74, 6) is -1.09. The Hall–Kier alpha value is -2.67. The second kappa shape index (κ2) is 10.5. The van der Waals surface area contributed by atoms with Gasteiger partial charge in [0.2, 0.25) is 0 Å². The van der Waals surface area contributed by atoms with Crippen molar-refractivity contribution in [2.45, 2.75) is 44.5 Å². The highest BCUT2D eigenvalue weighted by molar-refractivity contribution is 5.30. The fourth-order valence-corrected chi connectivity index (χ4v) is 2.88. The topological polar surface area (TPSA) is 41.9 Å². The van der Waals surface area contributed by atoms with Gasteiger partial charge in [0.25, 0.3) is 0 Å². The molecule has 0 heterocycles. The van der Waals surface area contributed by atoms with E-state index in [1.165, 1.54) is 29.2 Å². The minimum Gasteiger partial charge on any atom is -0.406 e. The number of alkyl halides is 9. The number of benzene rings is 2. The first kappa shape index (κ1) is 26.6. The van der Waals surface area contributed by atoms with Crippen molar-refractivity contribution in [1.29, 1.82) is 0 Å². The van der Waals surface area contributed by atoms with Crippen LogP contribution in [0, 0.1) is 0 Å². The van der Waals surface area contributed by atoms with E-state index in [0.717, 1.165) is 24.3 Å². The highest BCUT2D eigenvalue weighted by atomic mass is 19.4. The summed E-state index contributed by atoms with van der Waals surface area (Å²) in [6.45, 7) is -0.719. The van der Waals surface area contributed by atoms with Crippen molar-refractivity contribution in [1.82, 2.24) is 4.90 Å². The Kier molecular flexibility index (Phi) is 8.46. The maximum absolute atomic E-state index is 12.7. The van der Waals surface area contributed by atoms with Gasteiger partial charge >= 0.3 is 18.9 Å². The molecule has 0 saturated carbocycles. The van der Waals surface area contributed by atoms with Gasteiger partial charge < -0.3 is 14.6 Å². The molecule has 0 bridgehead atoms. The molecular formula is C20H18F9NO3. The predicted octanol–water partition coefficient (Wildman–Crippen LogP) is 5.80. The van der Waals surface area contributed by atoms with Crippen molar-refractivity contribution in [2.24, 2.45) is 0 Å². The van der Waals surface area contributed by atoms with Crippen LogP contribution in [0.3, 0.4) is 0 Å². The van der Waals surface area contributed by atoms with Gasteiger partial charge in [-0.1, -0.05) is 24.3 Å². The number of hydrogen-bond donors (Lipinski definition) is 1. The van der Waals surface area contributed by atoms with E-state index in [0.29, 0.717) is 0 Å². The molecule has 0 aliphatic carbocycles. The molecule has 0 aromatic heterocycles. The van der Waals surface area contributed by atoms with Crippen LogP contribution in [-0.2, 0) is 13.1 Å². The average molecular weight is 491 g/mol. The van der Waals surface area contributed by atoms with E-state index in [4.69, 9.17) is 0 Å². The van der Waals surface area contributed by atoms with Crippen molar-refractivity contribution in [2.75, 3.05) is 6.54 Å².